The Kier molecular flexibility index (Phi) is 2.01. The first-order valence-electron chi connectivity index (χ1n) is 3.38. The second-order valence-electron chi connectivity index (χ2n) is 3.49. The van der Waals surface area contributed by atoms with E-state index < -0.39 is 13.3 Å². The van der Waals surface area contributed by atoms with E-state index in [4.69, 9.17) is 4.74 Å². The topological polar surface area (TPSA) is 9.23 Å². The molecule has 1 nitrogen and oxygen atoms in total. The van der Waals surface area contributed by atoms with Crippen LogP contribution >= 0.6 is 0 Å². The van der Waals surface area contributed by atoms with E-state index in [1.54, 1.807) is 4.41 Å². The third-order valence-electron chi connectivity index (χ3n) is 1.67. The van der Waals surface area contributed by atoms with E-state index in [2.05, 4.69) is 23.3 Å². The molecule has 1 aliphatic rings. The molecule has 2 heteroatoms. The average Bonchev–Trinajstić information content (AvgIpc) is 2.08. The Bertz CT molecular complexity index is 132. The predicted molar refractivity (Wildman–Crippen MR) is 42.2 cm³/mol. The molecule has 1 rings (SSSR count). The minimum atomic E-state index is -1.44. The molecule has 0 spiro atoms. The van der Waals surface area contributed by atoms with Gasteiger partial charge in [0.1, 0.15) is 0 Å². The molecular formula is C7H14GeO. The van der Waals surface area contributed by atoms with Crippen LogP contribution in [0.4, 0.5) is 0 Å². The van der Waals surface area contributed by atoms with Crippen LogP contribution in [0, 0.1) is 0 Å². The monoisotopic (exact) mass is 188 g/mol. The molecule has 0 unspecified atom stereocenters. The molecule has 0 amide bonds. The van der Waals surface area contributed by atoms with Crippen LogP contribution in [0.15, 0.2) is 10.5 Å². The summed E-state index contributed by atoms with van der Waals surface area (Å²) in [6, 6.07) is 0. The van der Waals surface area contributed by atoms with Gasteiger partial charge in [0.2, 0.25) is 0 Å². The van der Waals surface area contributed by atoms with Crippen LogP contribution in [-0.4, -0.2) is 26.5 Å². The van der Waals surface area contributed by atoms with Crippen molar-refractivity contribution in [1.29, 1.82) is 0 Å². The average molecular weight is 187 g/mol. The maximum absolute atomic E-state index is 5.24. The van der Waals surface area contributed by atoms with E-state index in [0.717, 1.165) is 13.2 Å². The summed E-state index contributed by atoms with van der Waals surface area (Å²) >= 11 is -1.44. The van der Waals surface area contributed by atoms with Crippen LogP contribution in [0.2, 0.25) is 17.3 Å². The molecule has 0 N–H and O–H groups in total. The van der Waals surface area contributed by atoms with Gasteiger partial charge in [-0.05, 0) is 0 Å². The van der Waals surface area contributed by atoms with E-state index in [1.165, 1.54) is 0 Å². The molecule has 0 saturated carbocycles. The Balaban J connectivity index is 2.61. The van der Waals surface area contributed by atoms with Crippen molar-refractivity contribution < 1.29 is 4.74 Å². The molecule has 9 heavy (non-hydrogen) atoms. The summed E-state index contributed by atoms with van der Waals surface area (Å²) in [5.74, 6) is 7.21. The van der Waals surface area contributed by atoms with E-state index in [-0.39, 0.29) is 0 Å². The van der Waals surface area contributed by atoms with Gasteiger partial charge in [0.05, 0.1) is 0 Å². The van der Waals surface area contributed by atoms with Crippen molar-refractivity contribution in [1.82, 2.24) is 0 Å². The molecule has 0 bridgehead atoms. The first-order valence-corrected chi connectivity index (χ1v) is 10.7. The number of ether oxygens (including phenoxy) is 1. The first kappa shape index (κ1) is 7.35. The molecule has 0 saturated heterocycles. The molecule has 1 heterocycles. The maximum atomic E-state index is 5.24. The summed E-state index contributed by atoms with van der Waals surface area (Å²) < 4.78 is 6.86. The minimum absolute atomic E-state index is 0.859. The normalized spacial score (nSPS) is 20.1. The van der Waals surface area contributed by atoms with Crippen LogP contribution < -0.4 is 0 Å². The third-order valence-corrected chi connectivity index (χ3v) is 6.44. The van der Waals surface area contributed by atoms with Gasteiger partial charge >= 0.3 is 59.0 Å². The third kappa shape index (κ3) is 1.83. The molecule has 0 atom stereocenters. The number of hydrogen-bond acceptors (Lipinski definition) is 1. The van der Waals surface area contributed by atoms with Gasteiger partial charge in [0.25, 0.3) is 0 Å². The van der Waals surface area contributed by atoms with Crippen molar-refractivity contribution in [2.75, 3.05) is 13.2 Å². The van der Waals surface area contributed by atoms with E-state index in [1.807, 2.05) is 0 Å². The van der Waals surface area contributed by atoms with E-state index >= 15 is 0 Å². The Morgan fingerprint density at radius 3 is 2.33 bits per heavy atom. The van der Waals surface area contributed by atoms with Crippen molar-refractivity contribution in [3.05, 3.63) is 10.5 Å². The summed E-state index contributed by atoms with van der Waals surface area (Å²) in [5.41, 5.74) is 0. The van der Waals surface area contributed by atoms with Gasteiger partial charge in [-0.15, -0.1) is 0 Å². The molecular weight excluding hydrogens is 173 g/mol. The molecule has 0 aromatic heterocycles. The van der Waals surface area contributed by atoms with Gasteiger partial charge in [-0.25, -0.2) is 0 Å². The molecule has 0 aliphatic carbocycles. The van der Waals surface area contributed by atoms with E-state index in [0.29, 0.717) is 0 Å². The van der Waals surface area contributed by atoms with Crippen LogP contribution in [0.25, 0.3) is 0 Å². The molecule has 52 valence electrons. The van der Waals surface area contributed by atoms with Gasteiger partial charge in [0, 0.05) is 0 Å². The van der Waals surface area contributed by atoms with Crippen LogP contribution in [0.5, 0.6) is 0 Å². The zero-order valence-corrected chi connectivity index (χ0v) is 8.50. The Hall–Kier alpha value is 0.243. The van der Waals surface area contributed by atoms with Gasteiger partial charge < -0.3 is 0 Å². The quantitative estimate of drug-likeness (QED) is 0.568. The molecule has 0 aromatic rings. The molecule has 1 aliphatic heterocycles. The van der Waals surface area contributed by atoms with Crippen LogP contribution in [0.3, 0.4) is 0 Å². The van der Waals surface area contributed by atoms with Crippen LogP contribution in [-0.2, 0) is 4.74 Å². The SMILES string of the molecule is [CH3][Ge]([CH3])([CH3])[C]1=CCOC1. The molecule has 0 aromatic carbocycles. The van der Waals surface area contributed by atoms with Crippen molar-refractivity contribution in [2.45, 2.75) is 17.3 Å². The zero-order chi connectivity index (χ0) is 6.91. The fraction of sp³-hybridized carbons (Fsp3) is 0.714. The summed E-state index contributed by atoms with van der Waals surface area (Å²) in [5, 5.41) is 0. The van der Waals surface area contributed by atoms with Gasteiger partial charge in [0.15, 0.2) is 0 Å². The zero-order valence-electron chi connectivity index (χ0n) is 6.40. The van der Waals surface area contributed by atoms with Crippen LogP contribution in [0.1, 0.15) is 0 Å². The second kappa shape index (κ2) is 2.47. The van der Waals surface area contributed by atoms with Crippen molar-refractivity contribution in [2.24, 2.45) is 0 Å². The Labute approximate surface area is 59.4 Å². The molecule has 0 radical (unpaired) electrons. The van der Waals surface area contributed by atoms with Crippen molar-refractivity contribution >= 4 is 13.3 Å². The number of rotatable bonds is 1. The standard InChI is InChI=1S/C7H14GeO/c1-8(2,3)7-4-5-9-6-7/h4H,5-6H2,1-3H3. The first-order chi connectivity index (χ1) is 4.11. The van der Waals surface area contributed by atoms with Gasteiger partial charge in [-0.1, -0.05) is 0 Å². The van der Waals surface area contributed by atoms with E-state index in [9.17, 15) is 0 Å². The van der Waals surface area contributed by atoms with Gasteiger partial charge in [-0.2, -0.15) is 0 Å². The summed E-state index contributed by atoms with van der Waals surface area (Å²) in [4.78, 5) is 0. The Morgan fingerprint density at radius 2 is 2.11 bits per heavy atom. The fourth-order valence-electron chi connectivity index (χ4n) is 0.910. The van der Waals surface area contributed by atoms with Crippen molar-refractivity contribution in [3.63, 3.8) is 0 Å². The fourth-order valence-corrected chi connectivity index (χ4v) is 3.49. The second-order valence-corrected chi connectivity index (χ2v) is 14.3. The van der Waals surface area contributed by atoms with Gasteiger partial charge in [-0.3, -0.25) is 0 Å². The van der Waals surface area contributed by atoms with Crippen molar-refractivity contribution in [3.8, 4) is 0 Å². The summed E-state index contributed by atoms with van der Waals surface area (Å²) in [6.07, 6.45) is 2.26. The number of hydrogen-bond donors (Lipinski definition) is 0. The summed E-state index contributed by atoms with van der Waals surface area (Å²) in [6.45, 7) is 1.78. The predicted octanol–water partition coefficient (Wildman–Crippen LogP) is 1.82. The molecule has 0 fully saturated rings. The Morgan fingerprint density at radius 1 is 1.44 bits per heavy atom. The summed E-state index contributed by atoms with van der Waals surface area (Å²) in [7, 11) is 0.